The third-order valence-corrected chi connectivity index (χ3v) is 3.17. The molecule has 0 bridgehead atoms. The predicted octanol–water partition coefficient (Wildman–Crippen LogP) is 1.02. The topological polar surface area (TPSA) is 99.1 Å². The van der Waals surface area contributed by atoms with Crippen LogP contribution in [0, 0.1) is 0 Å². The van der Waals surface area contributed by atoms with Gasteiger partial charge in [0.05, 0.1) is 18.2 Å². The standard InChI is InChI=1S/C14H15N5O2/c1-19-14-10(6-16-19)13(15)17-12(18-14)8-21-11-5-3-2-4-9(11)7-20/h2-6,20H,7-8H2,1H3,(H2,15,17,18). The summed E-state index contributed by atoms with van der Waals surface area (Å²) in [5, 5.41) is 14.1. The number of aromatic nitrogens is 4. The van der Waals surface area contributed by atoms with E-state index in [0.29, 0.717) is 28.6 Å². The molecule has 0 saturated carbocycles. The minimum absolute atomic E-state index is 0.0834. The largest absolute Gasteiger partial charge is 0.485 e. The number of aryl methyl sites for hydroxylation is 1. The zero-order valence-corrected chi connectivity index (χ0v) is 11.5. The molecule has 0 spiro atoms. The van der Waals surface area contributed by atoms with E-state index in [0.717, 1.165) is 5.39 Å². The number of ether oxygens (including phenoxy) is 1. The van der Waals surface area contributed by atoms with Crippen molar-refractivity contribution in [2.45, 2.75) is 13.2 Å². The van der Waals surface area contributed by atoms with Crippen LogP contribution >= 0.6 is 0 Å². The number of para-hydroxylation sites is 1. The third kappa shape index (κ3) is 2.50. The first-order valence-corrected chi connectivity index (χ1v) is 6.44. The normalized spacial score (nSPS) is 11.0. The molecular formula is C14H15N5O2. The first kappa shape index (κ1) is 13.3. The number of hydrogen-bond donors (Lipinski definition) is 2. The molecular weight excluding hydrogens is 270 g/mol. The van der Waals surface area contributed by atoms with Gasteiger partial charge in [0.25, 0.3) is 0 Å². The molecule has 0 fully saturated rings. The first-order valence-electron chi connectivity index (χ1n) is 6.44. The van der Waals surface area contributed by atoms with Crippen molar-refractivity contribution in [2.24, 2.45) is 7.05 Å². The maximum atomic E-state index is 9.27. The highest BCUT2D eigenvalue weighted by Crippen LogP contribution is 2.20. The van der Waals surface area contributed by atoms with Crippen molar-refractivity contribution < 1.29 is 9.84 Å². The van der Waals surface area contributed by atoms with E-state index in [4.69, 9.17) is 10.5 Å². The zero-order chi connectivity index (χ0) is 14.8. The van der Waals surface area contributed by atoms with E-state index >= 15 is 0 Å². The fraction of sp³-hybridized carbons (Fsp3) is 0.214. The van der Waals surface area contributed by atoms with E-state index in [1.54, 1.807) is 30.1 Å². The number of aliphatic hydroxyl groups is 1. The van der Waals surface area contributed by atoms with Crippen LogP contribution in [0.3, 0.4) is 0 Å². The fourth-order valence-corrected chi connectivity index (χ4v) is 2.07. The van der Waals surface area contributed by atoms with Crippen LogP contribution in [0.5, 0.6) is 5.75 Å². The molecule has 108 valence electrons. The lowest BCUT2D eigenvalue weighted by Crippen LogP contribution is -2.06. The second-order valence-electron chi connectivity index (χ2n) is 4.59. The number of benzene rings is 1. The van der Waals surface area contributed by atoms with Gasteiger partial charge in [0.15, 0.2) is 11.5 Å². The maximum absolute atomic E-state index is 9.27. The molecule has 0 amide bonds. The Morgan fingerprint density at radius 1 is 1.29 bits per heavy atom. The summed E-state index contributed by atoms with van der Waals surface area (Å²) < 4.78 is 7.30. The van der Waals surface area contributed by atoms with Crippen LogP contribution in [0.25, 0.3) is 11.0 Å². The molecule has 7 heteroatoms. The second-order valence-corrected chi connectivity index (χ2v) is 4.59. The molecule has 0 atom stereocenters. The second kappa shape index (κ2) is 5.37. The Morgan fingerprint density at radius 2 is 2.10 bits per heavy atom. The minimum Gasteiger partial charge on any atom is -0.485 e. The summed E-state index contributed by atoms with van der Waals surface area (Å²) in [6.45, 7) is 0.0856. The van der Waals surface area contributed by atoms with Gasteiger partial charge in [-0.25, -0.2) is 9.97 Å². The molecule has 7 nitrogen and oxygen atoms in total. The smallest absolute Gasteiger partial charge is 0.170 e. The van der Waals surface area contributed by atoms with Crippen molar-refractivity contribution in [3.05, 3.63) is 41.9 Å². The number of aliphatic hydroxyl groups excluding tert-OH is 1. The number of fused-ring (bicyclic) bond motifs is 1. The van der Waals surface area contributed by atoms with Gasteiger partial charge in [-0.2, -0.15) is 5.10 Å². The molecule has 0 aliphatic heterocycles. The molecule has 0 unspecified atom stereocenters. The van der Waals surface area contributed by atoms with Gasteiger partial charge in [-0.1, -0.05) is 18.2 Å². The molecule has 3 aromatic rings. The van der Waals surface area contributed by atoms with Crippen LogP contribution in [0.15, 0.2) is 30.5 Å². The summed E-state index contributed by atoms with van der Waals surface area (Å²) in [6, 6.07) is 7.27. The van der Waals surface area contributed by atoms with Crippen molar-refractivity contribution in [3.8, 4) is 5.75 Å². The lowest BCUT2D eigenvalue weighted by atomic mass is 10.2. The maximum Gasteiger partial charge on any atom is 0.170 e. The van der Waals surface area contributed by atoms with E-state index in [1.807, 2.05) is 12.1 Å². The lowest BCUT2D eigenvalue weighted by molar-refractivity contribution is 0.256. The molecule has 3 rings (SSSR count). The molecule has 3 N–H and O–H groups in total. The summed E-state index contributed by atoms with van der Waals surface area (Å²) in [7, 11) is 1.79. The van der Waals surface area contributed by atoms with Gasteiger partial charge in [-0.15, -0.1) is 0 Å². The van der Waals surface area contributed by atoms with E-state index < -0.39 is 0 Å². The minimum atomic E-state index is -0.0834. The van der Waals surface area contributed by atoms with Crippen molar-refractivity contribution >= 4 is 16.9 Å². The van der Waals surface area contributed by atoms with Crippen molar-refractivity contribution in [2.75, 3.05) is 5.73 Å². The van der Waals surface area contributed by atoms with Gasteiger partial charge in [0.2, 0.25) is 0 Å². The van der Waals surface area contributed by atoms with Crippen LogP contribution in [0.1, 0.15) is 11.4 Å². The molecule has 2 aromatic heterocycles. The Kier molecular flexibility index (Phi) is 3.41. The van der Waals surface area contributed by atoms with Crippen LogP contribution in [0.4, 0.5) is 5.82 Å². The molecule has 0 aliphatic rings. The highest BCUT2D eigenvalue weighted by atomic mass is 16.5. The molecule has 0 radical (unpaired) electrons. The van der Waals surface area contributed by atoms with Gasteiger partial charge in [0, 0.05) is 12.6 Å². The van der Waals surface area contributed by atoms with Crippen LogP contribution in [-0.2, 0) is 20.3 Å². The van der Waals surface area contributed by atoms with Crippen LogP contribution in [-0.4, -0.2) is 24.9 Å². The van der Waals surface area contributed by atoms with E-state index in [2.05, 4.69) is 15.1 Å². The zero-order valence-electron chi connectivity index (χ0n) is 11.5. The number of hydrogen-bond acceptors (Lipinski definition) is 6. The number of nitrogen functional groups attached to an aromatic ring is 1. The molecule has 0 aliphatic carbocycles. The molecule has 0 saturated heterocycles. The third-order valence-electron chi connectivity index (χ3n) is 3.17. The average molecular weight is 285 g/mol. The summed E-state index contributed by atoms with van der Waals surface area (Å²) in [5.41, 5.74) is 7.27. The van der Waals surface area contributed by atoms with E-state index in [1.165, 1.54) is 0 Å². The monoisotopic (exact) mass is 285 g/mol. The highest BCUT2D eigenvalue weighted by Gasteiger charge is 2.10. The summed E-state index contributed by atoms with van der Waals surface area (Å²) in [4.78, 5) is 8.60. The lowest BCUT2D eigenvalue weighted by Gasteiger charge is -2.09. The van der Waals surface area contributed by atoms with Crippen molar-refractivity contribution in [1.29, 1.82) is 0 Å². The number of anilines is 1. The summed E-state index contributed by atoms with van der Waals surface area (Å²) >= 11 is 0. The average Bonchev–Trinajstić information content (AvgIpc) is 2.87. The van der Waals surface area contributed by atoms with E-state index in [-0.39, 0.29) is 13.2 Å². The van der Waals surface area contributed by atoms with Crippen molar-refractivity contribution in [3.63, 3.8) is 0 Å². The molecule has 2 heterocycles. The number of nitrogens with two attached hydrogens (primary N) is 1. The summed E-state index contributed by atoms with van der Waals surface area (Å²) in [6.07, 6.45) is 1.64. The van der Waals surface area contributed by atoms with Gasteiger partial charge < -0.3 is 15.6 Å². The Morgan fingerprint density at radius 3 is 2.90 bits per heavy atom. The van der Waals surface area contributed by atoms with Gasteiger partial charge in [-0.05, 0) is 6.07 Å². The number of rotatable bonds is 4. The number of nitrogens with zero attached hydrogens (tertiary/aromatic N) is 4. The Labute approximate surface area is 121 Å². The molecule has 21 heavy (non-hydrogen) atoms. The van der Waals surface area contributed by atoms with Crippen LogP contribution < -0.4 is 10.5 Å². The SMILES string of the molecule is Cn1ncc2c(N)nc(COc3ccccc3CO)nc21. The van der Waals surface area contributed by atoms with Gasteiger partial charge >= 0.3 is 0 Å². The van der Waals surface area contributed by atoms with Gasteiger partial charge in [0.1, 0.15) is 18.2 Å². The quantitative estimate of drug-likeness (QED) is 0.742. The molecule has 1 aromatic carbocycles. The summed E-state index contributed by atoms with van der Waals surface area (Å²) in [5.74, 6) is 1.45. The van der Waals surface area contributed by atoms with Gasteiger partial charge in [-0.3, -0.25) is 4.68 Å². The predicted molar refractivity (Wildman–Crippen MR) is 77.4 cm³/mol. The Balaban J connectivity index is 1.86. The Hall–Kier alpha value is -2.67. The van der Waals surface area contributed by atoms with Crippen molar-refractivity contribution in [1.82, 2.24) is 19.7 Å². The highest BCUT2D eigenvalue weighted by molar-refractivity contribution is 5.84. The fourth-order valence-electron chi connectivity index (χ4n) is 2.07. The van der Waals surface area contributed by atoms with Crippen LogP contribution in [0.2, 0.25) is 0 Å². The Bertz CT molecular complexity index is 784. The first-order chi connectivity index (χ1) is 10.2. The van der Waals surface area contributed by atoms with E-state index in [9.17, 15) is 5.11 Å².